The molecule has 0 radical (unpaired) electrons. The molecule has 2 aliphatic rings. The first kappa shape index (κ1) is 18.1. The number of fused-ring (bicyclic) bond motifs is 1. The molecule has 2 fully saturated rings. The fourth-order valence-corrected chi connectivity index (χ4v) is 4.07. The zero-order valence-corrected chi connectivity index (χ0v) is 16.4. The first-order valence-corrected chi connectivity index (χ1v) is 10.2. The molecule has 1 saturated heterocycles. The summed E-state index contributed by atoms with van der Waals surface area (Å²) in [6.07, 6.45) is 6.75. The molecule has 7 nitrogen and oxygen atoms in total. The summed E-state index contributed by atoms with van der Waals surface area (Å²) < 4.78 is 11.2. The second kappa shape index (κ2) is 7.48. The minimum Gasteiger partial charge on any atom is -0.381 e. The van der Waals surface area contributed by atoms with Crippen molar-refractivity contribution in [1.29, 1.82) is 0 Å². The van der Waals surface area contributed by atoms with Crippen molar-refractivity contribution in [1.82, 2.24) is 10.1 Å². The Morgan fingerprint density at radius 2 is 2.00 bits per heavy atom. The maximum atomic E-state index is 11.2. The Kier molecular flexibility index (Phi) is 4.67. The molecule has 1 amide bonds. The number of hydrogen-bond donors (Lipinski definition) is 2. The van der Waals surface area contributed by atoms with Crippen molar-refractivity contribution in [3.63, 3.8) is 0 Å². The topological polar surface area (TPSA) is 89.3 Å². The van der Waals surface area contributed by atoms with E-state index in [-0.39, 0.29) is 5.92 Å². The zero-order chi connectivity index (χ0) is 19.8. The number of hydrogen-bond acceptors (Lipinski definition) is 6. The van der Waals surface area contributed by atoms with E-state index in [0.717, 1.165) is 70.9 Å². The van der Waals surface area contributed by atoms with Gasteiger partial charge in [-0.25, -0.2) is 0 Å². The molecular formula is C22H24N4O3. The third-order valence-electron chi connectivity index (χ3n) is 5.80. The van der Waals surface area contributed by atoms with Crippen LogP contribution in [0.25, 0.3) is 22.1 Å². The number of benzene rings is 1. The van der Waals surface area contributed by atoms with Crippen molar-refractivity contribution in [2.45, 2.75) is 44.6 Å². The van der Waals surface area contributed by atoms with E-state index in [1.165, 1.54) is 12.8 Å². The van der Waals surface area contributed by atoms with E-state index in [0.29, 0.717) is 12.5 Å². The molecular weight excluding hydrogens is 368 g/mol. The molecule has 150 valence electrons. The number of rotatable bonds is 6. The van der Waals surface area contributed by atoms with Gasteiger partial charge in [-0.3, -0.25) is 9.78 Å². The number of carbonyl (C=O) groups is 1. The van der Waals surface area contributed by atoms with Gasteiger partial charge in [0.2, 0.25) is 6.41 Å². The first-order valence-electron chi connectivity index (χ1n) is 10.2. The Morgan fingerprint density at radius 3 is 2.76 bits per heavy atom. The standard InChI is InChI=1S/C22H24N4O3/c1-13-2-5-17-21(29-26-22(17)25-16-3-4-16)19(13)15-10-18(24-12-27)20(23-11-15)14-6-8-28-9-7-14/h2,5,10-12,14,16H,3-4,6-9H2,1H3,(H,24,27)(H,25,26). The van der Waals surface area contributed by atoms with Crippen molar-refractivity contribution < 1.29 is 14.1 Å². The van der Waals surface area contributed by atoms with Crippen LogP contribution in [0.15, 0.2) is 28.9 Å². The van der Waals surface area contributed by atoms with Gasteiger partial charge in [0.05, 0.1) is 16.8 Å². The minimum atomic E-state index is 0.289. The quantitative estimate of drug-likeness (QED) is 0.610. The molecule has 2 aromatic heterocycles. The lowest BCUT2D eigenvalue weighted by atomic mass is 9.93. The van der Waals surface area contributed by atoms with Gasteiger partial charge in [0.15, 0.2) is 11.4 Å². The summed E-state index contributed by atoms with van der Waals surface area (Å²) in [7, 11) is 0. The van der Waals surface area contributed by atoms with Crippen molar-refractivity contribution >= 4 is 28.9 Å². The number of ether oxygens (including phenoxy) is 1. The summed E-state index contributed by atoms with van der Waals surface area (Å²) in [5.74, 6) is 1.08. The van der Waals surface area contributed by atoms with E-state index < -0.39 is 0 Å². The number of aromatic nitrogens is 2. The molecule has 3 heterocycles. The fraction of sp³-hybridized carbons (Fsp3) is 0.409. The van der Waals surface area contributed by atoms with Gasteiger partial charge in [-0.2, -0.15) is 0 Å². The summed E-state index contributed by atoms with van der Waals surface area (Å²) in [6.45, 7) is 3.49. The van der Waals surface area contributed by atoms with Gasteiger partial charge in [0.25, 0.3) is 0 Å². The Morgan fingerprint density at radius 1 is 1.17 bits per heavy atom. The molecule has 7 heteroatoms. The van der Waals surface area contributed by atoms with Crippen LogP contribution in [0.5, 0.6) is 0 Å². The summed E-state index contributed by atoms with van der Waals surface area (Å²) in [4.78, 5) is 16.0. The summed E-state index contributed by atoms with van der Waals surface area (Å²) in [5, 5.41) is 11.5. The summed E-state index contributed by atoms with van der Waals surface area (Å²) >= 11 is 0. The number of pyridine rings is 1. The lowest BCUT2D eigenvalue weighted by Gasteiger charge is -2.23. The highest BCUT2D eigenvalue weighted by atomic mass is 16.5. The van der Waals surface area contributed by atoms with Gasteiger partial charge in [-0.05, 0) is 50.3 Å². The molecule has 29 heavy (non-hydrogen) atoms. The molecule has 3 aromatic rings. The second-order valence-corrected chi connectivity index (χ2v) is 7.89. The molecule has 0 spiro atoms. The number of carbonyl (C=O) groups excluding carboxylic acids is 1. The van der Waals surface area contributed by atoms with Crippen molar-refractivity contribution in [3.8, 4) is 11.1 Å². The van der Waals surface area contributed by atoms with Crippen LogP contribution in [-0.4, -0.2) is 35.8 Å². The molecule has 2 N–H and O–H groups in total. The van der Waals surface area contributed by atoms with Crippen LogP contribution in [-0.2, 0) is 9.53 Å². The molecule has 1 aliphatic carbocycles. The van der Waals surface area contributed by atoms with Crippen molar-refractivity contribution in [2.24, 2.45) is 0 Å². The van der Waals surface area contributed by atoms with Crippen LogP contribution in [0.3, 0.4) is 0 Å². The third kappa shape index (κ3) is 3.46. The molecule has 0 unspecified atom stereocenters. The molecule has 1 aliphatic heterocycles. The van der Waals surface area contributed by atoms with Gasteiger partial charge in [-0.1, -0.05) is 11.2 Å². The second-order valence-electron chi connectivity index (χ2n) is 7.89. The van der Waals surface area contributed by atoms with Crippen LogP contribution >= 0.6 is 0 Å². The van der Waals surface area contributed by atoms with Crippen molar-refractivity contribution in [3.05, 3.63) is 35.7 Å². The van der Waals surface area contributed by atoms with Crippen LogP contribution in [0.2, 0.25) is 0 Å². The maximum Gasteiger partial charge on any atom is 0.211 e. The Hall–Kier alpha value is -2.93. The highest BCUT2D eigenvalue weighted by molar-refractivity contribution is 6.00. The average molecular weight is 392 g/mol. The first-order chi connectivity index (χ1) is 14.2. The van der Waals surface area contributed by atoms with Crippen LogP contribution in [0.4, 0.5) is 11.5 Å². The molecule has 1 saturated carbocycles. The summed E-state index contributed by atoms with van der Waals surface area (Å²) in [5.41, 5.74) is 5.34. The minimum absolute atomic E-state index is 0.289. The largest absolute Gasteiger partial charge is 0.381 e. The Bertz CT molecular complexity index is 1050. The zero-order valence-electron chi connectivity index (χ0n) is 16.4. The highest BCUT2D eigenvalue weighted by Crippen LogP contribution is 2.39. The molecule has 5 rings (SSSR count). The Balaban J connectivity index is 1.58. The predicted octanol–water partition coefficient (Wildman–Crippen LogP) is 4.23. The highest BCUT2D eigenvalue weighted by Gasteiger charge is 2.25. The normalized spacial score (nSPS) is 17.4. The Labute approximate surface area is 168 Å². The third-order valence-corrected chi connectivity index (χ3v) is 5.80. The fourth-order valence-electron chi connectivity index (χ4n) is 4.07. The van der Waals surface area contributed by atoms with Gasteiger partial charge in [0.1, 0.15) is 0 Å². The number of amides is 1. The number of aryl methyl sites for hydroxylation is 1. The number of anilines is 2. The number of nitrogens with zero attached hydrogens (tertiary/aromatic N) is 2. The monoisotopic (exact) mass is 392 g/mol. The molecule has 0 atom stereocenters. The van der Waals surface area contributed by atoms with Crippen LogP contribution < -0.4 is 10.6 Å². The lowest BCUT2D eigenvalue weighted by Crippen LogP contribution is -2.17. The SMILES string of the molecule is Cc1ccc2c(NC3CC3)noc2c1-c1cnc(C2CCOCC2)c(NC=O)c1. The van der Waals surface area contributed by atoms with E-state index in [1.807, 2.05) is 25.3 Å². The maximum absolute atomic E-state index is 11.2. The van der Waals surface area contributed by atoms with E-state index >= 15 is 0 Å². The predicted molar refractivity (Wildman–Crippen MR) is 111 cm³/mol. The molecule has 0 bridgehead atoms. The van der Waals surface area contributed by atoms with Crippen LogP contribution in [0.1, 0.15) is 42.9 Å². The van der Waals surface area contributed by atoms with E-state index in [1.54, 1.807) is 0 Å². The van der Waals surface area contributed by atoms with E-state index in [4.69, 9.17) is 14.2 Å². The average Bonchev–Trinajstić information content (AvgIpc) is 3.47. The van der Waals surface area contributed by atoms with E-state index in [9.17, 15) is 4.79 Å². The smallest absolute Gasteiger partial charge is 0.211 e. The van der Waals surface area contributed by atoms with Gasteiger partial charge >= 0.3 is 0 Å². The van der Waals surface area contributed by atoms with Gasteiger partial charge in [0, 0.05) is 42.5 Å². The number of nitrogens with one attached hydrogen (secondary N) is 2. The molecule has 1 aromatic carbocycles. The lowest BCUT2D eigenvalue weighted by molar-refractivity contribution is -0.105. The van der Waals surface area contributed by atoms with Gasteiger partial charge in [-0.15, -0.1) is 0 Å². The van der Waals surface area contributed by atoms with E-state index in [2.05, 4.69) is 21.9 Å². The van der Waals surface area contributed by atoms with Crippen LogP contribution in [0, 0.1) is 6.92 Å². The van der Waals surface area contributed by atoms with Gasteiger partial charge < -0.3 is 19.9 Å². The van der Waals surface area contributed by atoms with Crippen molar-refractivity contribution in [2.75, 3.05) is 23.8 Å². The summed E-state index contributed by atoms with van der Waals surface area (Å²) in [6, 6.07) is 6.61.